The topological polar surface area (TPSA) is 48.3 Å². The maximum Gasteiger partial charge on any atom is 0.268 e. The van der Waals surface area contributed by atoms with E-state index in [0.29, 0.717) is 17.0 Å². The molecule has 1 heterocycles. The van der Waals surface area contributed by atoms with Crippen molar-refractivity contribution < 1.29 is 13.2 Å². The molecule has 0 unspecified atom stereocenters. The number of benzene rings is 1. The first-order chi connectivity index (χ1) is 10.4. The highest BCUT2D eigenvalue weighted by Gasteiger charge is 2.19. The number of nitrogens with zero attached hydrogens (tertiary/aromatic N) is 1. The molecular weight excluding hydrogens is 366 g/mol. The summed E-state index contributed by atoms with van der Waals surface area (Å²) in [5.41, 5.74) is 0.877. The molecule has 0 aliphatic heterocycles. The second-order valence-corrected chi connectivity index (χ2v) is 7.80. The molecule has 0 saturated heterocycles. The third kappa shape index (κ3) is 3.93. The molecule has 0 aliphatic rings. The number of rotatable bonds is 7. The number of hydrogen-bond acceptors (Lipinski definition) is 3. The van der Waals surface area contributed by atoms with Gasteiger partial charge in [-0.15, -0.1) is 0 Å². The fourth-order valence-corrected chi connectivity index (χ4v) is 4.47. The van der Waals surface area contributed by atoms with Gasteiger partial charge in [0, 0.05) is 12.3 Å². The summed E-state index contributed by atoms with van der Waals surface area (Å²) in [5, 5.41) is 0. The molecular formula is C16H20BrNO3S. The summed E-state index contributed by atoms with van der Waals surface area (Å²) in [6, 6.07) is 8.40. The van der Waals surface area contributed by atoms with Gasteiger partial charge in [0.05, 0.1) is 16.1 Å². The van der Waals surface area contributed by atoms with E-state index in [0.717, 1.165) is 24.8 Å². The largest absolute Gasteiger partial charge is 0.494 e. The van der Waals surface area contributed by atoms with Crippen molar-refractivity contribution in [1.29, 1.82) is 0 Å². The van der Waals surface area contributed by atoms with Crippen LogP contribution in [0.1, 0.15) is 31.7 Å². The minimum Gasteiger partial charge on any atom is -0.494 e. The molecule has 2 rings (SSSR count). The Hall–Kier alpha value is -1.27. The van der Waals surface area contributed by atoms with Crippen LogP contribution >= 0.6 is 15.9 Å². The normalized spacial score (nSPS) is 11.6. The van der Waals surface area contributed by atoms with Crippen LogP contribution in [0, 0.1) is 6.92 Å². The van der Waals surface area contributed by atoms with E-state index in [1.807, 2.05) is 6.92 Å². The van der Waals surface area contributed by atoms with Crippen LogP contribution in [0.2, 0.25) is 0 Å². The SMILES string of the molecule is CCCCCOc1cccc(S(=O)(=O)n2cc(C)cc2Br)c1. The van der Waals surface area contributed by atoms with Gasteiger partial charge in [0.2, 0.25) is 0 Å². The van der Waals surface area contributed by atoms with Gasteiger partial charge in [-0.1, -0.05) is 25.8 Å². The molecule has 6 heteroatoms. The van der Waals surface area contributed by atoms with Crippen LogP contribution < -0.4 is 4.74 Å². The van der Waals surface area contributed by atoms with E-state index in [-0.39, 0.29) is 4.90 Å². The van der Waals surface area contributed by atoms with Crippen LogP contribution in [0.25, 0.3) is 0 Å². The van der Waals surface area contributed by atoms with Crippen molar-refractivity contribution in [1.82, 2.24) is 3.97 Å². The lowest BCUT2D eigenvalue weighted by Crippen LogP contribution is -2.12. The lowest BCUT2D eigenvalue weighted by Gasteiger charge is -2.10. The summed E-state index contributed by atoms with van der Waals surface area (Å²) in [5.74, 6) is 0.581. The number of aryl methyl sites for hydroxylation is 1. The Balaban J connectivity index is 2.23. The average molecular weight is 386 g/mol. The zero-order valence-electron chi connectivity index (χ0n) is 12.8. The monoisotopic (exact) mass is 385 g/mol. The fourth-order valence-electron chi connectivity index (χ4n) is 2.10. The minimum atomic E-state index is -3.62. The Morgan fingerprint density at radius 3 is 2.64 bits per heavy atom. The minimum absolute atomic E-state index is 0.219. The number of ether oxygens (including phenoxy) is 1. The number of hydrogen-bond donors (Lipinski definition) is 0. The van der Waals surface area contributed by atoms with Crippen LogP contribution in [0.15, 0.2) is 46.0 Å². The lowest BCUT2D eigenvalue weighted by atomic mass is 10.3. The van der Waals surface area contributed by atoms with Gasteiger partial charge in [-0.3, -0.25) is 0 Å². The van der Waals surface area contributed by atoms with E-state index in [1.165, 1.54) is 3.97 Å². The third-order valence-corrected chi connectivity index (χ3v) is 5.77. The average Bonchev–Trinajstić information content (AvgIpc) is 2.83. The smallest absolute Gasteiger partial charge is 0.268 e. The van der Waals surface area contributed by atoms with Gasteiger partial charge in [-0.05, 0) is 53.0 Å². The molecule has 4 nitrogen and oxygen atoms in total. The van der Waals surface area contributed by atoms with Gasteiger partial charge in [0.25, 0.3) is 10.0 Å². The Morgan fingerprint density at radius 2 is 2.00 bits per heavy atom. The lowest BCUT2D eigenvalue weighted by molar-refractivity contribution is 0.305. The molecule has 0 fully saturated rings. The Kier molecular flexibility index (Phi) is 5.69. The molecule has 2 aromatic rings. The molecule has 22 heavy (non-hydrogen) atoms. The van der Waals surface area contributed by atoms with Crippen molar-refractivity contribution in [2.24, 2.45) is 0 Å². The van der Waals surface area contributed by atoms with Crippen molar-refractivity contribution in [3.63, 3.8) is 0 Å². The Labute approximate surface area is 140 Å². The highest BCUT2D eigenvalue weighted by Crippen LogP contribution is 2.24. The molecule has 0 saturated carbocycles. The van der Waals surface area contributed by atoms with Crippen molar-refractivity contribution >= 4 is 26.0 Å². The molecule has 0 aliphatic carbocycles. The number of unbranched alkanes of at least 4 members (excludes halogenated alkanes) is 2. The van der Waals surface area contributed by atoms with E-state index in [9.17, 15) is 8.42 Å². The summed E-state index contributed by atoms with van der Waals surface area (Å²) in [4.78, 5) is 0.219. The van der Waals surface area contributed by atoms with Crippen LogP contribution in [-0.4, -0.2) is 19.0 Å². The van der Waals surface area contributed by atoms with Gasteiger partial charge in [0.1, 0.15) is 5.75 Å². The van der Waals surface area contributed by atoms with Gasteiger partial charge in [-0.2, -0.15) is 0 Å². The first kappa shape index (κ1) is 17.1. The number of aromatic nitrogens is 1. The van der Waals surface area contributed by atoms with Crippen molar-refractivity contribution in [2.75, 3.05) is 6.61 Å². The third-order valence-electron chi connectivity index (χ3n) is 3.26. The summed E-state index contributed by atoms with van der Waals surface area (Å²) in [6.45, 7) is 4.58. The molecule has 0 bridgehead atoms. The molecule has 1 aromatic heterocycles. The standard InChI is InChI=1S/C16H20BrNO3S/c1-3-4-5-9-21-14-7-6-8-15(11-14)22(19,20)18-12-13(2)10-16(18)17/h6-8,10-12H,3-5,9H2,1-2H3. The van der Waals surface area contributed by atoms with Gasteiger partial charge in [0.15, 0.2) is 0 Å². The first-order valence-electron chi connectivity index (χ1n) is 7.28. The maximum absolute atomic E-state index is 12.7. The first-order valence-corrected chi connectivity index (χ1v) is 9.51. The van der Waals surface area contributed by atoms with Crippen LogP contribution in [-0.2, 0) is 10.0 Å². The molecule has 1 aromatic carbocycles. The summed E-state index contributed by atoms with van der Waals surface area (Å²) >= 11 is 3.28. The zero-order valence-corrected chi connectivity index (χ0v) is 15.2. The van der Waals surface area contributed by atoms with Gasteiger partial charge in [-0.25, -0.2) is 12.4 Å². The van der Waals surface area contributed by atoms with Crippen LogP contribution in [0.3, 0.4) is 0 Å². The predicted molar refractivity (Wildman–Crippen MR) is 90.9 cm³/mol. The van der Waals surface area contributed by atoms with Crippen molar-refractivity contribution in [3.8, 4) is 5.75 Å². The van der Waals surface area contributed by atoms with E-state index >= 15 is 0 Å². The maximum atomic E-state index is 12.7. The molecule has 0 atom stereocenters. The van der Waals surface area contributed by atoms with Crippen molar-refractivity contribution in [2.45, 2.75) is 38.0 Å². The zero-order chi connectivity index (χ0) is 16.2. The van der Waals surface area contributed by atoms with E-state index in [1.54, 1.807) is 36.5 Å². The summed E-state index contributed by atoms with van der Waals surface area (Å²) in [7, 11) is -3.62. The molecule has 0 N–H and O–H groups in total. The van der Waals surface area contributed by atoms with Gasteiger partial charge < -0.3 is 4.74 Å². The summed E-state index contributed by atoms with van der Waals surface area (Å²) < 4.78 is 32.7. The quantitative estimate of drug-likeness (QED) is 0.664. The van der Waals surface area contributed by atoms with Crippen LogP contribution in [0.4, 0.5) is 0 Å². The Bertz CT molecular complexity index is 738. The molecule has 0 amide bonds. The fraction of sp³-hybridized carbons (Fsp3) is 0.375. The van der Waals surface area contributed by atoms with E-state index in [4.69, 9.17) is 4.74 Å². The summed E-state index contributed by atoms with van der Waals surface area (Å²) in [6.07, 6.45) is 4.79. The highest BCUT2D eigenvalue weighted by molar-refractivity contribution is 9.10. The van der Waals surface area contributed by atoms with Gasteiger partial charge >= 0.3 is 0 Å². The van der Waals surface area contributed by atoms with E-state index < -0.39 is 10.0 Å². The highest BCUT2D eigenvalue weighted by atomic mass is 79.9. The second kappa shape index (κ2) is 7.33. The molecule has 0 spiro atoms. The second-order valence-electron chi connectivity index (χ2n) is 5.17. The van der Waals surface area contributed by atoms with Crippen LogP contribution in [0.5, 0.6) is 5.75 Å². The molecule has 120 valence electrons. The Morgan fingerprint density at radius 1 is 1.23 bits per heavy atom. The predicted octanol–water partition coefficient (Wildman–Crippen LogP) is 4.37. The molecule has 0 radical (unpaired) electrons. The van der Waals surface area contributed by atoms with Crippen molar-refractivity contribution in [3.05, 3.63) is 46.7 Å². The number of halogens is 1. The van der Waals surface area contributed by atoms with E-state index in [2.05, 4.69) is 22.9 Å².